The predicted molar refractivity (Wildman–Crippen MR) is 42.4 cm³/mol. The highest BCUT2D eigenvalue weighted by molar-refractivity contribution is 7.87. The number of carbonyl (C=O) groups excluding carboxylic acids is 1. The quantitative estimate of drug-likeness (QED) is 0.610. The molecule has 0 saturated carbocycles. The second kappa shape index (κ2) is 4.07. The molecule has 1 amide bonds. The van der Waals surface area contributed by atoms with Gasteiger partial charge in [-0.15, -0.1) is 6.58 Å². The second-order valence-corrected chi connectivity index (χ2v) is 3.31. The van der Waals surface area contributed by atoms with E-state index in [0.717, 1.165) is 7.11 Å². The molecule has 0 fully saturated rings. The fourth-order valence-corrected chi connectivity index (χ4v) is 1.10. The van der Waals surface area contributed by atoms with Crippen LogP contribution < -0.4 is 5.14 Å². The number of amides is 1. The molecule has 0 saturated heterocycles. The van der Waals surface area contributed by atoms with Gasteiger partial charge in [-0.1, -0.05) is 6.08 Å². The van der Waals surface area contributed by atoms with Gasteiger partial charge in [0.1, 0.15) is 0 Å². The Labute approximate surface area is 70.8 Å². The average molecular weight is 194 g/mol. The summed E-state index contributed by atoms with van der Waals surface area (Å²) in [6, 6.07) is 0. The van der Waals surface area contributed by atoms with E-state index in [1.54, 1.807) is 0 Å². The molecule has 0 spiro atoms. The highest BCUT2D eigenvalue weighted by Crippen LogP contribution is 1.97. The minimum Gasteiger partial charge on any atom is -0.452 e. The summed E-state index contributed by atoms with van der Waals surface area (Å²) in [7, 11) is -2.99. The SMILES string of the molecule is C=CCN(C(=O)OC)S(N)(=O)=O. The average Bonchev–Trinajstić information content (AvgIpc) is 1.96. The number of nitrogens with two attached hydrogens (primary N) is 1. The second-order valence-electron chi connectivity index (χ2n) is 1.83. The van der Waals surface area contributed by atoms with Gasteiger partial charge in [0.25, 0.3) is 0 Å². The van der Waals surface area contributed by atoms with Gasteiger partial charge in [-0.3, -0.25) is 0 Å². The van der Waals surface area contributed by atoms with Gasteiger partial charge >= 0.3 is 16.3 Å². The van der Waals surface area contributed by atoms with Crippen molar-refractivity contribution in [3.8, 4) is 0 Å². The number of hydrogen-bond donors (Lipinski definition) is 1. The Balaban J connectivity index is 4.67. The van der Waals surface area contributed by atoms with Crippen LogP contribution in [0.25, 0.3) is 0 Å². The van der Waals surface area contributed by atoms with Crippen LogP contribution in [0.1, 0.15) is 0 Å². The molecule has 0 atom stereocenters. The Morgan fingerprint density at radius 1 is 1.75 bits per heavy atom. The van der Waals surface area contributed by atoms with E-state index < -0.39 is 16.3 Å². The number of nitrogens with zero attached hydrogens (tertiary/aromatic N) is 1. The van der Waals surface area contributed by atoms with Crippen LogP contribution in [0.5, 0.6) is 0 Å². The summed E-state index contributed by atoms with van der Waals surface area (Å²) < 4.78 is 25.9. The zero-order valence-corrected chi connectivity index (χ0v) is 7.37. The molecule has 0 aliphatic rings. The van der Waals surface area contributed by atoms with Crippen molar-refractivity contribution >= 4 is 16.3 Å². The van der Waals surface area contributed by atoms with E-state index >= 15 is 0 Å². The molecule has 0 aliphatic carbocycles. The van der Waals surface area contributed by atoms with Crippen molar-refractivity contribution in [3.63, 3.8) is 0 Å². The largest absolute Gasteiger partial charge is 0.452 e. The zero-order valence-electron chi connectivity index (χ0n) is 6.56. The van der Waals surface area contributed by atoms with E-state index in [0.29, 0.717) is 4.31 Å². The summed E-state index contributed by atoms with van der Waals surface area (Å²) in [5, 5.41) is 4.69. The molecule has 7 heteroatoms. The third kappa shape index (κ3) is 2.89. The first-order chi connectivity index (χ1) is 5.43. The van der Waals surface area contributed by atoms with E-state index in [9.17, 15) is 13.2 Å². The lowest BCUT2D eigenvalue weighted by Crippen LogP contribution is -2.41. The lowest BCUT2D eigenvalue weighted by Gasteiger charge is -2.15. The normalized spacial score (nSPS) is 10.5. The number of rotatable bonds is 3. The summed E-state index contributed by atoms with van der Waals surface area (Å²) in [6.07, 6.45) is 0.193. The molecule has 6 nitrogen and oxygen atoms in total. The molecule has 0 heterocycles. The van der Waals surface area contributed by atoms with Crippen molar-refractivity contribution in [2.24, 2.45) is 5.14 Å². The van der Waals surface area contributed by atoms with Gasteiger partial charge in [0.05, 0.1) is 13.7 Å². The fourth-order valence-electron chi connectivity index (χ4n) is 0.501. The zero-order chi connectivity index (χ0) is 9.78. The van der Waals surface area contributed by atoms with Crippen LogP contribution in [0.4, 0.5) is 4.79 Å². The molecular weight excluding hydrogens is 184 g/mol. The van der Waals surface area contributed by atoms with Crippen molar-refractivity contribution in [2.45, 2.75) is 0 Å². The van der Waals surface area contributed by atoms with E-state index in [-0.39, 0.29) is 6.54 Å². The van der Waals surface area contributed by atoms with Crippen molar-refractivity contribution in [3.05, 3.63) is 12.7 Å². The first kappa shape index (κ1) is 10.9. The molecule has 0 radical (unpaired) electrons. The lowest BCUT2D eigenvalue weighted by molar-refractivity contribution is 0.151. The van der Waals surface area contributed by atoms with E-state index in [2.05, 4.69) is 11.3 Å². The van der Waals surface area contributed by atoms with Gasteiger partial charge in [0.15, 0.2) is 0 Å². The molecule has 0 aromatic rings. The van der Waals surface area contributed by atoms with Crippen molar-refractivity contribution in [2.75, 3.05) is 13.7 Å². The Hall–Kier alpha value is -1.08. The Bertz CT molecular complexity index is 271. The smallest absolute Gasteiger partial charge is 0.424 e. The molecule has 12 heavy (non-hydrogen) atoms. The molecule has 0 aromatic carbocycles. The maximum absolute atomic E-state index is 10.7. The van der Waals surface area contributed by atoms with Crippen LogP contribution in [0, 0.1) is 0 Å². The monoisotopic (exact) mass is 194 g/mol. The summed E-state index contributed by atoms with van der Waals surface area (Å²) in [5.74, 6) is 0. The van der Waals surface area contributed by atoms with Crippen molar-refractivity contribution in [1.29, 1.82) is 0 Å². The third-order valence-electron chi connectivity index (χ3n) is 0.980. The Kier molecular flexibility index (Phi) is 3.71. The summed E-state index contributed by atoms with van der Waals surface area (Å²) >= 11 is 0. The van der Waals surface area contributed by atoms with Gasteiger partial charge in [-0.2, -0.15) is 12.7 Å². The minimum absolute atomic E-state index is 0.203. The molecule has 0 aliphatic heterocycles. The van der Waals surface area contributed by atoms with E-state index in [1.165, 1.54) is 6.08 Å². The number of hydrogen-bond acceptors (Lipinski definition) is 4. The summed E-state index contributed by atoms with van der Waals surface area (Å²) in [5.41, 5.74) is 0. The number of ether oxygens (including phenoxy) is 1. The van der Waals surface area contributed by atoms with Gasteiger partial charge < -0.3 is 4.74 Å². The van der Waals surface area contributed by atoms with Gasteiger partial charge in [0, 0.05) is 0 Å². The first-order valence-corrected chi connectivity index (χ1v) is 4.43. The highest BCUT2D eigenvalue weighted by Gasteiger charge is 2.22. The molecule has 0 rings (SSSR count). The van der Waals surface area contributed by atoms with Crippen molar-refractivity contribution in [1.82, 2.24) is 4.31 Å². The van der Waals surface area contributed by atoms with E-state index in [4.69, 9.17) is 5.14 Å². The standard InChI is InChI=1S/C5H10N2O4S/c1-3-4-7(5(8)11-2)12(6,9)10/h3H,1,4H2,2H3,(H2,6,9,10). The molecular formula is C5H10N2O4S. The maximum atomic E-state index is 10.7. The van der Waals surface area contributed by atoms with Crippen LogP contribution in [-0.4, -0.2) is 32.5 Å². The highest BCUT2D eigenvalue weighted by atomic mass is 32.2. The van der Waals surface area contributed by atoms with Gasteiger partial charge in [0.2, 0.25) is 0 Å². The van der Waals surface area contributed by atoms with Crippen LogP contribution in [-0.2, 0) is 14.9 Å². The van der Waals surface area contributed by atoms with Gasteiger partial charge in [-0.25, -0.2) is 9.93 Å². The Morgan fingerprint density at radius 3 is 2.50 bits per heavy atom. The molecule has 70 valence electrons. The topological polar surface area (TPSA) is 89.7 Å². The number of methoxy groups -OCH3 is 1. The lowest BCUT2D eigenvalue weighted by atomic mass is 10.6. The number of carbonyl (C=O) groups is 1. The maximum Gasteiger partial charge on any atom is 0.424 e. The van der Waals surface area contributed by atoms with Crippen LogP contribution in [0.3, 0.4) is 0 Å². The van der Waals surface area contributed by atoms with Crippen molar-refractivity contribution < 1.29 is 17.9 Å². The summed E-state index contributed by atoms with van der Waals surface area (Å²) in [4.78, 5) is 10.7. The fraction of sp³-hybridized carbons (Fsp3) is 0.400. The predicted octanol–water partition coefficient (Wildman–Crippen LogP) is -0.556. The molecule has 0 unspecified atom stereocenters. The first-order valence-electron chi connectivity index (χ1n) is 2.92. The molecule has 0 bridgehead atoms. The minimum atomic E-state index is -4.05. The molecule has 2 N–H and O–H groups in total. The van der Waals surface area contributed by atoms with Gasteiger partial charge in [-0.05, 0) is 0 Å². The van der Waals surface area contributed by atoms with Crippen LogP contribution in [0.15, 0.2) is 12.7 Å². The van der Waals surface area contributed by atoms with Crippen LogP contribution in [0.2, 0.25) is 0 Å². The van der Waals surface area contributed by atoms with E-state index in [1.807, 2.05) is 0 Å². The van der Waals surface area contributed by atoms with Crippen LogP contribution >= 0.6 is 0 Å². The summed E-state index contributed by atoms with van der Waals surface area (Å²) in [6.45, 7) is 3.06. The molecule has 0 aromatic heterocycles. The third-order valence-corrected chi connectivity index (χ3v) is 1.89. The Morgan fingerprint density at radius 2 is 2.25 bits per heavy atom.